The van der Waals surface area contributed by atoms with Crippen molar-refractivity contribution in [3.63, 3.8) is 0 Å². The third-order valence-electron chi connectivity index (χ3n) is 2.88. The summed E-state index contributed by atoms with van der Waals surface area (Å²) in [6, 6.07) is 0.226. The molecule has 1 aliphatic heterocycles. The zero-order chi connectivity index (χ0) is 12.9. The van der Waals surface area contributed by atoms with E-state index in [4.69, 9.17) is 0 Å². The molecule has 17 heavy (non-hydrogen) atoms. The Morgan fingerprint density at radius 2 is 2.12 bits per heavy atom. The molecule has 0 saturated carbocycles. The summed E-state index contributed by atoms with van der Waals surface area (Å²) in [7, 11) is -3.12. The summed E-state index contributed by atoms with van der Waals surface area (Å²) >= 11 is 0. The predicted octanol–water partition coefficient (Wildman–Crippen LogP) is -0.960. The smallest absolute Gasteiger partial charge is 0.224 e. The van der Waals surface area contributed by atoms with Gasteiger partial charge >= 0.3 is 0 Å². The van der Waals surface area contributed by atoms with Crippen molar-refractivity contribution in [3.05, 3.63) is 0 Å². The largest absolute Gasteiger partial charge is 0.356 e. The van der Waals surface area contributed by atoms with E-state index >= 15 is 0 Å². The Hall–Kier alpha value is -0.660. The number of carbonyl (C=O) groups excluding carboxylic acids is 1. The fourth-order valence-corrected chi connectivity index (χ4v) is 2.42. The van der Waals surface area contributed by atoms with Crippen LogP contribution in [0, 0.1) is 5.92 Å². The normalized spacial score (nSPS) is 24.8. The van der Waals surface area contributed by atoms with Gasteiger partial charge in [0.1, 0.15) is 0 Å². The second-order valence-electron chi connectivity index (χ2n) is 4.45. The van der Waals surface area contributed by atoms with Gasteiger partial charge in [-0.1, -0.05) is 0 Å². The first-order valence-electron chi connectivity index (χ1n) is 5.86. The first-order valence-corrected chi connectivity index (χ1v) is 7.75. The van der Waals surface area contributed by atoms with Crippen LogP contribution in [0.25, 0.3) is 0 Å². The molecule has 1 rings (SSSR count). The lowest BCUT2D eigenvalue weighted by atomic mass is 10.0. The van der Waals surface area contributed by atoms with E-state index in [9.17, 15) is 13.2 Å². The molecule has 2 unspecified atom stereocenters. The number of carbonyl (C=O) groups is 1. The lowest BCUT2D eigenvalue weighted by molar-refractivity contribution is -0.125. The molecule has 0 aromatic rings. The number of hydrogen-bond donors (Lipinski definition) is 3. The Morgan fingerprint density at radius 1 is 1.41 bits per heavy atom. The van der Waals surface area contributed by atoms with Crippen molar-refractivity contribution in [1.82, 2.24) is 15.4 Å². The molecular weight excluding hydrogens is 242 g/mol. The highest BCUT2D eigenvalue weighted by molar-refractivity contribution is 7.88. The second-order valence-corrected chi connectivity index (χ2v) is 6.28. The highest BCUT2D eigenvalue weighted by Gasteiger charge is 2.28. The maximum Gasteiger partial charge on any atom is 0.224 e. The van der Waals surface area contributed by atoms with Crippen molar-refractivity contribution >= 4 is 15.9 Å². The molecule has 1 heterocycles. The summed E-state index contributed by atoms with van der Waals surface area (Å²) in [5.41, 5.74) is 0. The highest BCUT2D eigenvalue weighted by Crippen LogP contribution is 2.14. The van der Waals surface area contributed by atoms with Crippen LogP contribution in [0.5, 0.6) is 0 Å². The van der Waals surface area contributed by atoms with Gasteiger partial charge in [-0.05, 0) is 26.3 Å². The molecule has 1 saturated heterocycles. The van der Waals surface area contributed by atoms with Gasteiger partial charge in [0.15, 0.2) is 0 Å². The number of sulfonamides is 1. The van der Waals surface area contributed by atoms with Crippen molar-refractivity contribution in [2.75, 3.05) is 25.9 Å². The number of rotatable bonds is 6. The summed E-state index contributed by atoms with van der Waals surface area (Å²) in [5, 5.41) is 6.05. The van der Waals surface area contributed by atoms with Crippen LogP contribution >= 0.6 is 0 Å². The average Bonchev–Trinajstić information content (AvgIpc) is 2.62. The van der Waals surface area contributed by atoms with Gasteiger partial charge in [-0.15, -0.1) is 0 Å². The van der Waals surface area contributed by atoms with Gasteiger partial charge in [0.25, 0.3) is 0 Å². The van der Waals surface area contributed by atoms with Gasteiger partial charge in [0.05, 0.1) is 12.2 Å². The van der Waals surface area contributed by atoms with Crippen molar-refractivity contribution in [2.24, 2.45) is 5.92 Å². The molecule has 0 radical (unpaired) electrons. The standard InChI is InChI=1S/C10H21N3O3S/c1-8-9(4-7-11-8)10(14)12-5-3-6-13-17(2,15)16/h8-9,11,13H,3-7H2,1-2H3,(H,12,14). The van der Waals surface area contributed by atoms with Gasteiger partial charge in [-0.3, -0.25) is 4.79 Å². The van der Waals surface area contributed by atoms with Crippen molar-refractivity contribution in [3.8, 4) is 0 Å². The van der Waals surface area contributed by atoms with E-state index < -0.39 is 10.0 Å². The van der Waals surface area contributed by atoms with Gasteiger partial charge in [0.2, 0.25) is 15.9 Å². The van der Waals surface area contributed by atoms with Gasteiger partial charge in [-0.2, -0.15) is 0 Å². The Labute approximate surface area is 103 Å². The van der Waals surface area contributed by atoms with Gasteiger partial charge < -0.3 is 10.6 Å². The average molecular weight is 263 g/mol. The zero-order valence-corrected chi connectivity index (χ0v) is 11.1. The number of nitrogens with one attached hydrogen (secondary N) is 3. The number of hydrogen-bond acceptors (Lipinski definition) is 4. The SMILES string of the molecule is CC1NCCC1C(=O)NCCCNS(C)(=O)=O. The Morgan fingerprint density at radius 3 is 2.65 bits per heavy atom. The third kappa shape index (κ3) is 5.47. The summed E-state index contributed by atoms with van der Waals surface area (Å²) in [4.78, 5) is 11.7. The molecule has 1 fully saturated rings. The lowest BCUT2D eigenvalue weighted by Gasteiger charge is -2.14. The molecule has 1 aliphatic rings. The molecule has 0 bridgehead atoms. The van der Waals surface area contributed by atoms with Crippen LogP contribution in [0.2, 0.25) is 0 Å². The van der Waals surface area contributed by atoms with E-state index in [-0.39, 0.29) is 17.9 Å². The van der Waals surface area contributed by atoms with Gasteiger partial charge in [0, 0.05) is 19.1 Å². The van der Waals surface area contributed by atoms with Crippen molar-refractivity contribution in [2.45, 2.75) is 25.8 Å². The fourth-order valence-electron chi connectivity index (χ4n) is 1.91. The molecule has 3 N–H and O–H groups in total. The van der Waals surface area contributed by atoms with E-state index in [1.807, 2.05) is 6.92 Å². The molecule has 1 amide bonds. The fraction of sp³-hybridized carbons (Fsp3) is 0.900. The molecule has 0 aromatic carbocycles. The Bertz CT molecular complexity index is 356. The van der Waals surface area contributed by atoms with Crippen LogP contribution in [0.3, 0.4) is 0 Å². The van der Waals surface area contributed by atoms with Crippen LogP contribution in [0.1, 0.15) is 19.8 Å². The maximum absolute atomic E-state index is 11.7. The quantitative estimate of drug-likeness (QED) is 0.539. The van der Waals surface area contributed by atoms with Crippen molar-refractivity contribution < 1.29 is 13.2 Å². The van der Waals surface area contributed by atoms with E-state index in [0.717, 1.165) is 19.2 Å². The molecule has 0 aromatic heterocycles. The van der Waals surface area contributed by atoms with Gasteiger partial charge in [-0.25, -0.2) is 13.1 Å². The van der Waals surface area contributed by atoms with E-state index in [1.165, 1.54) is 0 Å². The minimum atomic E-state index is -3.12. The Balaban J connectivity index is 2.12. The maximum atomic E-state index is 11.7. The van der Waals surface area contributed by atoms with E-state index in [0.29, 0.717) is 19.5 Å². The molecule has 6 nitrogen and oxygen atoms in total. The minimum Gasteiger partial charge on any atom is -0.356 e. The van der Waals surface area contributed by atoms with E-state index in [1.54, 1.807) is 0 Å². The van der Waals surface area contributed by atoms with Crippen LogP contribution in [0.4, 0.5) is 0 Å². The molecule has 7 heteroatoms. The van der Waals surface area contributed by atoms with Crippen LogP contribution < -0.4 is 15.4 Å². The topological polar surface area (TPSA) is 87.3 Å². The molecule has 0 aliphatic carbocycles. The summed E-state index contributed by atoms with van der Waals surface area (Å²) < 4.78 is 23.9. The third-order valence-corrected chi connectivity index (χ3v) is 3.61. The molecular formula is C10H21N3O3S. The second kappa shape index (κ2) is 6.32. The monoisotopic (exact) mass is 263 g/mol. The highest BCUT2D eigenvalue weighted by atomic mass is 32.2. The molecule has 2 atom stereocenters. The summed E-state index contributed by atoms with van der Waals surface area (Å²) in [6.07, 6.45) is 2.60. The summed E-state index contributed by atoms with van der Waals surface area (Å²) in [6.45, 7) is 3.75. The van der Waals surface area contributed by atoms with Crippen LogP contribution in [-0.4, -0.2) is 46.3 Å². The molecule has 100 valence electrons. The van der Waals surface area contributed by atoms with Crippen molar-refractivity contribution in [1.29, 1.82) is 0 Å². The van der Waals surface area contributed by atoms with E-state index in [2.05, 4.69) is 15.4 Å². The number of amides is 1. The predicted molar refractivity (Wildman–Crippen MR) is 66.0 cm³/mol. The zero-order valence-electron chi connectivity index (χ0n) is 10.3. The first kappa shape index (κ1) is 14.4. The van der Waals surface area contributed by atoms with Crippen LogP contribution in [-0.2, 0) is 14.8 Å². The Kier molecular flexibility index (Phi) is 5.35. The van der Waals surface area contributed by atoms with Crippen LogP contribution in [0.15, 0.2) is 0 Å². The summed E-state index contributed by atoms with van der Waals surface area (Å²) in [5.74, 6) is 0.0970. The molecule has 0 spiro atoms. The first-order chi connectivity index (χ1) is 7.90. The lowest BCUT2D eigenvalue weighted by Crippen LogP contribution is -2.37. The minimum absolute atomic E-state index is 0.0397.